The zero-order valence-corrected chi connectivity index (χ0v) is 26.8. The van der Waals surface area contributed by atoms with Crippen LogP contribution in [-0.2, 0) is 0 Å². The molecule has 0 atom stereocenters. The molecule has 0 saturated carbocycles. The summed E-state index contributed by atoms with van der Waals surface area (Å²) in [5.74, 6) is 0.615. The largest absolute Gasteiger partial charge is 0.317 e. The third-order valence-electron chi connectivity index (χ3n) is 9.44. The molecule has 10 rings (SSSR count). The van der Waals surface area contributed by atoms with E-state index in [9.17, 15) is 0 Å². The van der Waals surface area contributed by atoms with E-state index in [1.54, 1.807) is 12.4 Å². The molecule has 5 aromatic carbocycles. The standard InChI is InChI=1S/C44H28N6/c1-2-12-32(13-3-1)49-24-21-30-25-29-19-20-35-34-15-4-5-18-41(34)50(43(35)36(29)27-42(30)49)33-14-10-11-31(26-33)44-47-39(37-16-6-8-22-45-37)28-40(48-44)38-17-7-9-23-46-38/h1-28H. The second-order valence-corrected chi connectivity index (χ2v) is 12.4. The Kier molecular flexibility index (Phi) is 6.39. The predicted molar refractivity (Wildman–Crippen MR) is 203 cm³/mol. The maximum Gasteiger partial charge on any atom is 0.160 e. The smallest absolute Gasteiger partial charge is 0.160 e. The van der Waals surface area contributed by atoms with Crippen LogP contribution in [0, 0.1) is 0 Å². The van der Waals surface area contributed by atoms with Crippen LogP contribution >= 0.6 is 0 Å². The monoisotopic (exact) mass is 640 g/mol. The molecule has 5 heterocycles. The molecule has 0 aliphatic carbocycles. The minimum Gasteiger partial charge on any atom is -0.317 e. The molecule has 10 aromatic rings. The lowest BCUT2D eigenvalue weighted by Crippen LogP contribution is -1.99. The van der Waals surface area contributed by atoms with Crippen molar-refractivity contribution in [3.05, 3.63) is 170 Å². The molecule has 0 aliphatic heterocycles. The molecule has 0 spiro atoms. The Balaban J connectivity index is 1.22. The van der Waals surface area contributed by atoms with Crippen LogP contribution in [0.4, 0.5) is 0 Å². The van der Waals surface area contributed by atoms with Gasteiger partial charge in [0.25, 0.3) is 0 Å². The summed E-state index contributed by atoms with van der Waals surface area (Å²) in [5, 5.41) is 6.01. The molecule has 6 nitrogen and oxygen atoms in total. The molecule has 0 radical (unpaired) electrons. The van der Waals surface area contributed by atoms with Crippen molar-refractivity contribution in [3.8, 4) is 45.5 Å². The zero-order valence-electron chi connectivity index (χ0n) is 26.8. The zero-order chi connectivity index (χ0) is 33.0. The summed E-state index contributed by atoms with van der Waals surface area (Å²) in [4.78, 5) is 19.3. The van der Waals surface area contributed by atoms with E-state index in [0.717, 1.165) is 45.2 Å². The molecule has 6 heteroatoms. The van der Waals surface area contributed by atoms with E-state index in [1.165, 1.54) is 38.0 Å². The SMILES string of the molecule is c1ccc(-n2ccc3cc4ccc5c6ccccc6n(-c6cccc(-c7nc(-c8ccccn8)cc(-c8ccccn8)n7)c6)c5c4cc32)cc1. The van der Waals surface area contributed by atoms with Crippen LogP contribution in [0.15, 0.2) is 170 Å². The van der Waals surface area contributed by atoms with Crippen LogP contribution < -0.4 is 0 Å². The van der Waals surface area contributed by atoms with Gasteiger partial charge in [-0.1, -0.05) is 72.8 Å². The van der Waals surface area contributed by atoms with Crippen molar-refractivity contribution in [1.82, 2.24) is 29.1 Å². The third-order valence-corrected chi connectivity index (χ3v) is 9.44. The Bertz CT molecular complexity index is 2800. The van der Waals surface area contributed by atoms with Gasteiger partial charge in [0.05, 0.1) is 39.3 Å². The summed E-state index contributed by atoms with van der Waals surface area (Å²) in [7, 11) is 0. The van der Waals surface area contributed by atoms with E-state index in [1.807, 2.05) is 42.5 Å². The molecule has 0 saturated heterocycles. The Morgan fingerprint density at radius 2 is 1.14 bits per heavy atom. The van der Waals surface area contributed by atoms with Gasteiger partial charge >= 0.3 is 0 Å². The summed E-state index contributed by atoms with van der Waals surface area (Å²) < 4.78 is 4.66. The van der Waals surface area contributed by atoms with Crippen LogP contribution in [0.2, 0.25) is 0 Å². The van der Waals surface area contributed by atoms with Gasteiger partial charge in [0.15, 0.2) is 5.82 Å². The molecular formula is C44H28N6. The number of rotatable bonds is 5. The molecular weight excluding hydrogens is 613 g/mol. The first-order valence-electron chi connectivity index (χ1n) is 16.6. The van der Waals surface area contributed by atoms with Crippen molar-refractivity contribution in [2.75, 3.05) is 0 Å². The molecule has 0 fully saturated rings. The maximum absolute atomic E-state index is 5.05. The summed E-state index contributed by atoms with van der Waals surface area (Å²) in [5.41, 5.74) is 9.61. The van der Waals surface area contributed by atoms with Gasteiger partial charge in [-0.05, 0) is 84.2 Å². The van der Waals surface area contributed by atoms with E-state index < -0.39 is 0 Å². The van der Waals surface area contributed by atoms with Crippen LogP contribution in [0.1, 0.15) is 0 Å². The highest BCUT2D eigenvalue weighted by Gasteiger charge is 2.18. The fourth-order valence-electron chi connectivity index (χ4n) is 7.15. The number of fused-ring (bicyclic) bond motifs is 6. The maximum atomic E-state index is 5.05. The Morgan fingerprint density at radius 1 is 0.420 bits per heavy atom. The van der Waals surface area contributed by atoms with Crippen molar-refractivity contribution < 1.29 is 0 Å². The van der Waals surface area contributed by atoms with Crippen molar-refractivity contribution >= 4 is 43.5 Å². The Morgan fingerprint density at radius 3 is 1.90 bits per heavy atom. The number of para-hydroxylation sites is 2. The number of benzene rings is 5. The fraction of sp³-hybridized carbons (Fsp3) is 0. The molecule has 0 N–H and O–H groups in total. The number of hydrogen-bond donors (Lipinski definition) is 0. The van der Waals surface area contributed by atoms with Gasteiger partial charge in [0, 0.05) is 57.1 Å². The van der Waals surface area contributed by atoms with E-state index in [2.05, 4.69) is 134 Å². The molecule has 0 unspecified atom stereocenters. The highest BCUT2D eigenvalue weighted by atomic mass is 15.0. The van der Waals surface area contributed by atoms with Crippen LogP contribution in [0.5, 0.6) is 0 Å². The Hall–Kier alpha value is -6.92. The highest BCUT2D eigenvalue weighted by molar-refractivity contribution is 6.20. The number of aromatic nitrogens is 6. The van der Waals surface area contributed by atoms with Crippen molar-refractivity contribution in [1.29, 1.82) is 0 Å². The van der Waals surface area contributed by atoms with Crippen LogP contribution in [-0.4, -0.2) is 29.1 Å². The lowest BCUT2D eigenvalue weighted by Gasteiger charge is -2.13. The van der Waals surface area contributed by atoms with Gasteiger partial charge < -0.3 is 9.13 Å². The van der Waals surface area contributed by atoms with Crippen molar-refractivity contribution in [2.24, 2.45) is 0 Å². The predicted octanol–water partition coefficient (Wildman–Crippen LogP) is 10.5. The normalized spacial score (nSPS) is 11.6. The summed E-state index contributed by atoms with van der Waals surface area (Å²) in [6.45, 7) is 0. The van der Waals surface area contributed by atoms with Gasteiger partial charge in [0.1, 0.15) is 0 Å². The lowest BCUT2D eigenvalue weighted by atomic mass is 10.0. The Labute approximate surface area is 287 Å². The van der Waals surface area contributed by atoms with Gasteiger partial charge in [-0.3, -0.25) is 9.97 Å². The van der Waals surface area contributed by atoms with Crippen LogP contribution in [0.3, 0.4) is 0 Å². The molecule has 234 valence electrons. The van der Waals surface area contributed by atoms with E-state index >= 15 is 0 Å². The molecule has 0 bridgehead atoms. The van der Waals surface area contributed by atoms with Gasteiger partial charge in [-0.2, -0.15) is 0 Å². The van der Waals surface area contributed by atoms with Crippen LogP contribution in [0.25, 0.3) is 89.0 Å². The first-order chi connectivity index (χ1) is 24.8. The third kappa shape index (κ3) is 4.58. The van der Waals surface area contributed by atoms with Gasteiger partial charge in [-0.15, -0.1) is 0 Å². The minimum absolute atomic E-state index is 0.615. The van der Waals surface area contributed by atoms with E-state index in [0.29, 0.717) is 5.82 Å². The topological polar surface area (TPSA) is 61.4 Å². The van der Waals surface area contributed by atoms with E-state index in [-0.39, 0.29) is 0 Å². The lowest BCUT2D eigenvalue weighted by molar-refractivity contribution is 1.13. The fourth-order valence-corrected chi connectivity index (χ4v) is 7.15. The number of pyridine rings is 2. The van der Waals surface area contributed by atoms with Crippen molar-refractivity contribution in [3.63, 3.8) is 0 Å². The van der Waals surface area contributed by atoms with E-state index in [4.69, 9.17) is 9.97 Å². The summed E-state index contributed by atoms with van der Waals surface area (Å²) >= 11 is 0. The number of nitrogens with zero attached hydrogens (tertiary/aromatic N) is 6. The first-order valence-corrected chi connectivity index (χ1v) is 16.6. The highest BCUT2D eigenvalue weighted by Crippen LogP contribution is 2.39. The molecule has 0 aliphatic rings. The second kappa shape index (κ2) is 11.4. The molecule has 5 aromatic heterocycles. The quantitative estimate of drug-likeness (QED) is 0.188. The van der Waals surface area contributed by atoms with Gasteiger partial charge in [-0.25, -0.2) is 9.97 Å². The first kappa shape index (κ1) is 28.1. The van der Waals surface area contributed by atoms with Gasteiger partial charge in [0.2, 0.25) is 0 Å². The minimum atomic E-state index is 0.615. The summed E-state index contributed by atoms with van der Waals surface area (Å²) in [6.07, 6.45) is 5.73. The summed E-state index contributed by atoms with van der Waals surface area (Å²) in [6, 6.07) is 52.7. The molecule has 0 amide bonds. The average Bonchev–Trinajstić information content (AvgIpc) is 3.77. The number of hydrogen-bond acceptors (Lipinski definition) is 4. The average molecular weight is 641 g/mol. The van der Waals surface area contributed by atoms with Crippen molar-refractivity contribution in [2.45, 2.75) is 0 Å². The molecule has 50 heavy (non-hydrogen) atoms. The second-order valence-electron chi connectivity index (χ2n) is 12.4.